The third kappa shape index (κ3) is 4.84. The van der Waals surface area contributed by atoms with E-state index in [1.165, 1.54) is 42.7 Å². The van der Waals surface area contributed by atoms with Crippen LogP contribution < -0.4 is 0 Å². The van der Waals surface area contributed by atoms with Gasteiger partial charge in [-0.25, -0.2) is 4.79 Å². The van der Waals surface area contributed by atoms with Crippen molar-refractivity contribution in [1.82, 2.24) is 9.88 Å². The van der Waals surface area contributed by atoms with Crippen molar-refractivity contribution in [3.05, 3.63) is 99.8 Å². The molecule has 2 amide bonds. The second kappa shape index (κ2) is 9.52. The summed E-state index contributed by atoms with van der Waals surface area (Å²) in [6.45, 7) is 0. The van der Waals surface area contributed by atoms with E-state index in [4.69, 9.17) is 23.2 Å². The van der Waals surface area contributed by atoms with Crippen molar-refractivity contribution in [2.75, 3.05) is 0 Å². The Morgan fingerprint density at radius 3 is 2.30 bits per heavy atom. The standard InChI is InChI=1S/C22H16Cl2N2O4/c23-16-8-9-17(18(24)12-16)21(28)26(20(27)15-7-4-10-25-13-15)19(22(29)30)11-14-5-2-1-3-6-14/h1-10,12-13,19H,11H2,(H,29,30). The molecule has 8 heteroatoms. The number of halogens is 2. The Morgan fingerprint density at radius 1 is 0.967 bits per heavy atom. The van der Waals surface area contributed by atoms with E-state index in [1.54, 1.807) is 30.3 Å². The average Bonchev–Trinajstić information content (AvgIpc) is 2.74. The molecule has 2 aromatic carbocycles. The van der Waals surface area contributed by atoms with Crippen molar-refractivity contribution in [3.8, 4) is 0 Å². The zero-order valence-corrected chi connectivity index (χ0v) is 17.0. The summed E-state index contributed by atoms with van der Waals surface area (Å²) in [6, 6.07) is 14.4. The summed E-state index contributed by atoms with van der Waals surface area (Å²) in [5.74, 6) is -2.95. The van der Waals surface area contributed by atoms with Gasteiger partial charge in [-0.05, 0) is 35.9 Å². The molecule has 3 rings (SSSR count). The third-order valence-corrected chi connectivity index (χ3v) is 4.92. The van der Waals surface area contributed by atoms with Gasteiger partial charge in [-0.3, -0.25) is 19.5 Å². The van der Waals surface area contributed by atoms with Crippen molar-refractivity contribution < 1.29 is 19.5 Å². The molecule has 0 saturated heterocycles. The highest BCUT2D eigenvalue weighted by Crippen LogP contribution is 2.25. The number of carbonyl (C=O) groups excluding carboxylic acids is 2. The summed E-state index contributed by atoms with van der Waals surface area (Å²) < 4.78 is 0. The van der Waals surface area contributed by atoms with E-state index < -0.39 is 23.8 Å². The quantitative estimate of drug-likeness (QED) is 0.572. The second-order valence-corrected chi connectivity index (χ2v) is 7.23. The molecule has 1 atom stereocenters. The molecule has 1 N–H and O–H groups in total. The minimum absolute atomic E-state index is 0.0142. The maximum absolute atomic E-state index is 13.3. The number of carboxylic acids is 1. The van der Waals surface area contributed by atoms with Crippen molar-refractivity contribution in [1.29, 1.82) is 0 Å². The molecule has 1 unspecified atom stereocenters. The van der Waals surface area contributed by atoms with Gasteiger partial charge in [0.05, 0.1) is 16.1 Å². The zero-order valence-electron chi connectivity index (χ0n) is 15.5. The molecular formula is C22H16Cl2N2O4. The van der Waals surface area contributed by atoms with Crippen LogP contribution in [0.4, 0.5) is 0 Å². The van der Waals surface area contributed by atoms with E-state index in [-0.39, 0.29) is 22.6 Å². The fourth-order valence-electron chi connectivity index (χ4n) is 2.92. The highest BCUT2D eigenvalue weighted by molar-refractivity contribution is 6.37. The monoisotopic (exact) mass is 442 g/mol. The molecule has 0 radical (unpaired) electrons. The van der Waals surface area contributed by atoms with Gasteiger partial charge in [0, 0.05) is 23.8 Å². The van der Waals surface area contributed by atoms with E-state index in [0.717, 1.165) is 0 Å². The van der Waals surface area contributed by atoms with Gasteiger partial charge >= 0.3 is 5.97 Å². The third-order valence-electron chi connectivity index (χ3n) is 4.38. The molecule has 0 aliphatic rings. The smallest absolute Gasteiger partial charge is 0.327 e. The number of rotatable bonds is 6. The number of hydrogen-bond donors (Lipinski definition) is 1. The van der Waals surface area contributed by atoms with E-state index in [2.05, 4.69) is 4.98 Å². The second-order valence-electron chi connectivity index (χ2n) is 6.39. The predicted molar refractivity (Wildman–Crippen MR) is 113 cm³/mol. The van der Waals surface area contributed by atoms with E-state index in [1.807, 2.05) is 0 Å². The molecule has 0 saturated carbocycles. The van der Waals surface area contributed by atoms with Gasteiger partial charge in [0.25, 0.3) is 11.8 Å². The Morgan fingerprint density at radius 2 is 1.70 bits per heavy atom. The lowest BCUT2D eigenvalue weighted by Crippen LogP contribution is -2.50. The minimum atomic E-state index is -1.46. The maximum atomic E-state index is 13.3. The predicted octanol–water partition coefficient (Wildman–Crippen LogP) is 4.37. The van der Waals surface area contributed by atoms with E-state index >= 15 is 0 Å². The largest absolute Gasteiger partial charge is 0.480 e. The van der Waals surface area contributed by atoms with Gasteiger partial charge in [-0.15, -0.1) is 0 Å². The Bertz CT molecular complexity index is 1080. The van der Waals surface area contributed by atoms with Gasteiger partial charge in [-0.2, -0.15) is 0 Å². The number of carboxylic acid groups (broad SMARTS) is 1. The first-order valence-corrected chi connectivity index (χ1v) is 9.63. The first kappa shape index (κ1) is 21.5. The fraction of sp³-hybridized carbons (Fsp3) is 0.0909. The van der Waals surface area contributed by atoms with Crippen LogP contribution in [0.3, 0.4) is 0 Å². The van der Waals surface area contributed by atoms with Crippen LogP contribution in [0.2, 0.25) is 10.0 Å². The Kier molecular flexibility index (Phi) is 6.82. The molecule has 0 aliphatic carbocycles. The van der Waals surface area contributed by atoms with Crippen molar-refractivity contribution in [2.45, 2.75) is 12.5 Å². The highest BCUT2D eigenvalue weighted by Gasteiger charge is 2.37. The van der Waals surface area contributed by atoms with Crippen LogP contribution in [-0.4, -0.2) is 38.8 Å². The van der Waals surface area contributed by atoms with Crippen molar-refractivity contribution >= 4 is 41.0 Å². The van der Waals surface area contributed by atoms with Gasteiger partial charge in [0.1, 0.15) is 6.04 Å². The summed E-state index contributed by atoms with van der Waals surface area (Å²) in [5.41, 5.74) is 0.705. The lowest BCUT2D eigenvalue weighted by molar-refractivity contribution is -0.141. The average molecular weight is 443 g/mol. The lowest BCUT2D eigenvalue weighted by Gasteiger charge is -2.28. The van der Waals surface area contributed by atoms with Gasteiger partial charge < -0.3 is 5.11 Å². The molecule has 1 aromatic heterocycles. The summed E-state index contributed by atoms with van der Waals surface area (Å²) in [4.78, 5) is 43.3. The molecule has 152 valence electrons. The summed E-state index contributed by atoms with van der Waals surface area (Å²) in [6.07, 6.45) is 2.67. The van der Waals surface area contributed by atoms with Crippen LogP contribution >= 0.6 is 23.2 Å². The van der Waals surface area contributed by atoms with E-state index in [9.17, 15) is 19.5 Å². The number of aromatic nitrogens is 1. The Labute approximate surface area is 182 Å². The van der Waals surface area contributed by atoms with Crippen LogP contribution in [0.1, 0.15) is 26.3 Å². The van der Waals surface area contributed by atoms with Crippen LogP contribution in [0.5, 0.6) is 0 Å². The topological polar surface area (TPSA) is 87.6 Å². The minimum Gasteiger partial charge on any atom is -0.480 e. The number of benzene rings is 2. The fourth-order valence-corrected chi connectivity index (χ4v) is 3.41. The molecule has 0 fully saturated rings. The molecule has 0 bridgehead atoms. The summed E-state index contributed by atoms with van der Waals surface area (Å²) in [7, 11) is 0. The first-order chi connectivity index (χ1) is 14.4. The molecule has 0 aliphatic heterocycles. The number of imide groups is 1. The van der Waals surface area contributed by atoms with Gasteiger partial charge in [0.15, 0.2) is 0 Å². The van der Waals surface area contributed by atoms with Crippen molar-refractivity contribution in [2.24, 2.45) is 0 Å². The van der Waals surface area contributed by atoms with Crippen LogP contribution in [-0.2, 0) is 11.2 Å². The van der Waals surface area contributed by atoms with Gasteiger partial charge in [0.2, 0.25) is 0 Å². The summed E-state index contributed by atoms with van der Waals surface area (Å²) >= 11 is 12.1. The van der Waals surface area contributed by atoms with E-state index in [0.29, 0.717) is 15.5 Å². The first-order valence-electron chi connectivity index (χ1n) is 8.88. The zero-order chi connectivity index (χ0) is 21.7. The number of hydrogen-bond acceptors (Lipinski definition) is 4. The number of carbonyl (C=O) groups is 3. The highest BCUT2D eigenvalue weighted by atomic mass is 35.5. The molecule has 3 aromatic rings. The number of nitrogens with zero attached hydrogens (tertiary/aromatic N) is 2. The lowest BCUT2D eigenvalue weighted by atomic mass is 10.0. The Balaban J connectivity index is 2.08. The van der Waals surface area contributed by atoms with Crippen LogP contribution in [0.25, 0.3) is 0 Å². The van der Waals surface area contributed by atoms with Crippen LogP contribution in [0, 0.1) is 0 Å². The normalized spacial score (nSPS) is 11.5. The molecule has 6 nitrogen and oxygen atoms in total. The van der Waals surface area contributed by atoms with Crippen molar-refractivity contribution in [3.63, 3.8) is 0 Å². The number of aliphatic carboxylic acids is 1. The molecule has 30 heavy (non-hydrogen) atoms. The maximum Gasteiger partial charge on any atom is 0.327 e. The summed E-state index contributed by atoms with van der Waals surface area (Å²) in [5, 5.41) is 10.2. The van der Waals surface area contributed by atoms with Crippen LogP contribution in [0.15, 0.2) is 73.1 Å². The van der Waals surface area contributed by atoms with Gasteiger partial charge in [-0.1, -0.05) is 53.5 Å². The number of amides is 2. The number of pyridine rings is 1. The SMILES string of the molecule is O=C(O)C(Cc1ccccc1)N(C(=O)c1cccnc1)C(=O)c1ccc(Cl)cc1Cl. The molecule has 1 heterocycles. The Hall–Kier alpha value is -3.22. The molecular weight excluding hydrogens is 427 g/mol. The molecule has 0 spiro atoms.